The van der Waals surface area contributed by atoms with Crippen LogP contribution in [0.2, 0.25) is 0 Å². The monoisotopic (exact) mass is 358 g/mol. The lowest BCUT2D eigenvalue weighted by molar-refractivity contribution is 0.579. The highest BCUT2D eigenvalue weighted by atomic mass is 79.9. The Morgan fingerprint density at radius 2 is 2.10 bits per heavy atom. The summed E-state index contributed by atoms with van der Waals surface area (Å²) in [4.78, 5) is 0.226. The van der Waals surface area contributed by atoms with Gasteiger partial charge in [0, 0.05) is 16.7 Å². The second kappa shape index (κ2) is 6.74. The Balaban J connectivity index is 1.98. The number of hydrogen-bond acceptors (Lipinski definition) is 3. The van der Waals surface area contributed by atoms with Gasteiger partial charge in [0.25, 0.3) is 0 Å². The number of anilines is 1. The molecule has 0 bridgehead atoms. The van der Waals surface area contributed by atoms with Crippen molar-refractivity contribution < 1.29 is 8.42 Å². The Morgan fingerprint density at radius 3 is 2.75 bits per heavy atom. The van der Waals surface area contributed by atoms with Crippen molar-refractivity contribution in [3.8, 4) is 0 Å². The number of nitrogens with one attached hydrogen (secondary N) is 1. The van der Waals surface area contributed by atoms with Gasteiger partial charge in [0.05, 0.1) is 4.90 Å². The number of halogens is 1. The molecule has 1 aromatic carbocycles. The van der Waals surface area contributed by atoms with Crippen molar-refractivity contribution in [2.24, 2.45) is 0 Å². The SMILES string of the molecule is Nc1ccc(S(=O)(=O)NCCC2=CCCCC2)c(Br)c1. The van der Waals surface area contributed by atoms with Crippen LogP contribution in [-0.2, 0) is 10.0 Å². The molecule has 0 atom stereocenters. The minimum absolute atomic E-state index is 0.226. The molecule has 0 saturated heterocycles. The quantitative estimate of drug-likeness (QED) is 0.626. The van der Waals surface area contributed by atoms with E-state index < -0.39 is 10.0 Å². The second-order valence-electron chi connectivity index (χ2n) is 4.95. The summed E-state index contributed by atoms with van der Waals surface area (Å²) in [5.74, 6) is 0. The fraction of sp³-hybridized carbons (Fsp3) is 0.429. The van der Waals surface area contributed by atoms with Crippen molar-refractivity contribution in [3.05, 3.63) is 34.3 Å². The first-order valence-corrected chi connectivity index (χ1v) is 8.99. The summed E-state index contributed by atoms with van der Waals surface area (Å²) in [6, 6.07) is 4.70. The topological polar surface area (TPSA) is 72.2 Å². The maximum absolute atomic E-state index is 12.2. The molecule has 0 radical (unpaired) electrons. The highest BCUT2D eigenvalue weighted by Gasteiger charge is 2.17. The van der Waals surface area contributed by atoms with Crippen LogP contribution in [0.1, 0.15) is 32.1 Å². The first-order chi connectivity index (χ1) is 9.49. The largest absolute Gasteiger partial charge is 0.399 e. The van der Waals surface area contributed by atoms with E-state index in [9.17, 15) is 8.42 Å². The van der Waals surface area contributed by atoms with Gasteiger partial charge >= 0.3 is 0 Å². The molecule has 1 aromatic rings. The summed E-state index contributed by atoms with van der Waals surface area (Å²) in [5.41, 5.74) is 7.50. The molecule has 0 spiro atoms. The van der Waals surface area contributed by atoms with Gasteiger partial charge in [-0.3, -0.25) is 0 Å². The number of rotatable bonds is 5. The normalized spacial score (nSPS) is 15.9. The Hall–Kier alpha value is -0.850. The van der Waals surface area contributed by atoms with Gasteiger partial charge in [-0.1, -0.05) is 11.6 Å². The zero-order valence-electron chi connectivity index (χ0n) is 11.2. The van der Waals surface area contributed by atoms with Gasteiger partial charge in [0.2, 0.25) is 10.0 Å². The minimum atomic E-state index is -3.49. The summed E-state index contributed by atoms with van der Waals surface area (Å²) in [5, 5.41) is 0. The van der Waals surface area contributed by atoms with Gasteiger partial charge < -0.3 is 5.73 Å². The van der Waals surface area contributed by atoms with Crippen LogP contribution in [0.15, 0.2) is 39.2 Å². The van der Waals surface area contributed by atoms with E-state index in [0.717, 1.165) is 19.3 Å². The Kier molecular flexibility index (Phi) is 5.23. The molecule has 0 saturated carbocycles. The van der Waals surface area contributed by atoms with E-state index in [2.05, 4.69) is 26.7 Å². The van der Waals surface area contributed by atoms with E-state index in [0.29, 0.717) is 16.7 Å². The fourth-order valence-electron chi connectivity index (χ4n) is 2.29. The molecule has 2 rings (SSSR count). The highest BCUT2D eigenvalue weighted by molar-refractivity contribution is 9.10. The van der Waals surface area contributed by atoms with Crippen LogP contribution in [0.5, 0.6) is 0 Å². The molecule has 0 fully saturated rings. The van der Waals surface area contributed by atoms with Crippen LogP contribution in [0.3, 0.4) is 0 Å². The standard InChI is InChI=1S/C14H19BrN2O2S/c15-13-10-12(16)6-7-14(13)20(18,19)17-9-8-11-4-2-1-3-5-11/h4,6-7,10,17H,1-3,5,8-9,16H2. The Bertz CT molecular complexity index is 612. The van der Waals surface area contributed by atoms with E-state index in [1.54, 1.807) is 12.1 Å². The van der Waals surface area contributed by atoms with Crippen LogP contribution in [0.25, 0.3) is 0 Å². The van der Waals surface area contributed by atoms with Gasteiger partial charge in [0.15, 0.2) is 0 Å². The zero-order valence-corrected chi connectivity index (χ0v) is 13.6. The summed E-state index contributed by atoms with van der Waals surface area (Å²) >= 11 is 3.24. The lowest BCUT2D eigenvalue weighted by Crippen LogP contribution is -2.25. The molecule has 110 valence electrons. The molecule has 4 nitrogen and oxygen atoms in total. The molecule has 1 aliphatic carbocycles. The molecule has 0 aliphatic heterocycles. The van der Waals surface area contributed by atoms with Crippen molar-refractivity contribution in [2.75, 3.05) is 12.3 Å². The van der Waals surface area contributed by atoms with Crippen LogP contribution in [-0.4, -0.2) is 15.0 Å². The van der Waals surface area contributed by atoms with Crippen LogP contribution < -0.4 is 10.5 Å². The van der Waals surface area contributed by atoms with Gasteiger partial charge in [0.1, 0.15) is 0 Å². The summed E-state index contributed by atoms with van der Waals surface area (Å²) < 4.78 is 27.5. The lowest BCUT2D eigenvalue weighted by atomic mass is 9.97. The molecule has 1 aliphatic rings. The maximum Gasteiger partial charge on any atom is 0.241 e. The van der Waals surface area contributed by atoms with Crippen molar-refractivity contribution in [1.29, 1.82) is 0 Å². The number of hydrogen-bond donors (Lipinski definition) is 2. The fourth-order valence-corrected chi connectivity index (χ4v) is 4.42. The maximum atomic E-state index is 12.2. The molecule has 20 heavy (non-hydrogen) atoms. The average Bonchev–Trinajstić information content (AvgIpc) is 2.39. The molecule has 0 heterocycles. The zero-order chi connectivity index (χ0) is 14.6. The minimum Gasteiger partial charge on any atom is -0.399 e. The number of nitrogen functional groups attached to an aromatic ring is 1. The van der Waals surface area contributed by atoms with Gasteiger partial charge in [-0.25, -0.2) is 13.1 Å². The van der Waals surface area contributed by atoms with Crippen molar-refractivity contribution in [2.45, 2.75) is 37.0 Å². The summed E-state index contributed by atoms with van der Waals surface area (Å²) in [7, 11) is -3.49. The molecule has 6 heteroatoms. The van der Waals surface area contributed by atoms with E-state index in [1.165, 1.54) is 24.5 Å². The van der Waals surface area contributed by atoms with Crippen molar-refractivity contribution in [3.63, 3.8) is 0 Å². The third kappa shape index (κ3) is 4.07. The number of nitrogens with two attached hydrogens (primary N) is 1. The third-order valence-corrected chi connectivity index (χ3v) is 5.81. The number of benzene rings is 1. The van der Waals surface area contributed by atoms with Crippen LogP contribution in [0, 0.1) is 0 Å². The summed E-state index contributed by atoms with van der Waals surface area (Å²) in [6.07, 6.45) is 7.68. The number of allylic oxidation sites excluding steroid dienone is 1. The van der Waals surface area contributed by atoms with E-state index >= 15 is 0 Å². The molecular formula is C14H19BrN2O2S. The predicted octanol–water partition coefficient (Wildman–Crippen LogP) is 3.20. The molecule has 0 unspecified atom stereocenters. The Morgan fingerprint density at radius 1 is 1.30 bits per heavy atom. The molecule has 3 N–H and O–H groups in total. The van der Waals surface area contributed by atoms with Crippen LogP contribution >= 0.6 is 15.9 Å². The molecule has 0 amide bonds. The Labute approximate surface area is 128 Å². The highest BCUT2D eigenvalue weighted by Crippen LogP contribution is 2.24. The molecular weight excluding hydrogens is 340 g/mol. The average molecular weight is 359 g/mol. The lowest BCUT2D eigenvalue weighted by Gasteiger charge is -2.13. The van der Waals surface area contributed by atoms with Gasteiger partial charge in [-0.05, 0) is 66.2 Å². The van der Waals surface area contributed by atoms with Gasteiger partial charge in [-0.2, -0.15) is 0 Å². The van der Waals surface area contributed by atoms with Crippen LogP contribution in [0.4, 0.5) is 5.69 Å². The van der Waals surface area contributed by atoms with Crippen molar-refractivity contribution >= 4 is 31.6 Å². The van der Waals surface area contributed by atoms with E-state index in [4.69, 9.17) is 5.73 Å². The second-order valence-corrected chi connectivity index (χ2v) is 7.54. The summed E-state index contributed by atoms with van der Waals surface area (Å²) in [6.45, 7) is 0.435. The van der Waals surface area contributed by atoms with E-state index in [-0.39, 0.29) is 4.90 Å². The third-order valence-electron chi connectivity index (χ3n) is 3.37. The molecule has 0 aromatic heterocycles. The van der Waals surface area contributed by atoms with Crippen molar-refractivity contribution in [1.82, 2.24) is 4.72 Å². The first-order valence-electron chi connectivity index (χ1n) is 6.71. The predicted molar refractivity (Wildman–Crippen MR) is 84.9 cm³/mol. The number of sulfonamides is 1. The smallest absolute Gasteiger partial charge is 0.241 e. The van der Waals surface area contributed by atoms with E-state index in [1.807, 2.05) is 0 Å². The van der Waals surface area contributed by atoms with Gasteiger partial charge in [-0.15, -0.1) is 0 Å². The first kappa shape index (κ1) is 15.5.